The van der Waals surface area contributed by atoms with Gasteiger partial charge in [-0.25, -0.2) is 0 Å². The summed E-state index contributed by atoms with van der Waals surface area (Å²) in [5.74, 6) is 0. The largest absolute Gasteiger partial charge is 0.310 e. The van der Waals surface area contributed by atoms with Crippen LogP contribution in [0.3, 0.4) is 0 Å². The average Bonchev–Trinajstić information content (AvgIpc) is 3.02. The fourth-order valence-electron chi connectivity index (χ4n) is 7.18. The van der Waals surface area contributed by atoms with Gasteiger partial charge < -0.3 is 9.80 Å². The number of aryl methyl sites for hydroxylation is 10. The number of anilines is 6. The van der Waals surface area contributed by atoms with Gasteiger partial charge in [0.1, 0.15) is 0 Å². The highest BCUT2D eigenvalue weighted by molar-refractivity contribution is 5.86. The summed E-state index contributed by atoms with van der Waals surface area (Å²) in [4.78, 5) is 4.87. The fraction of sp³-hybridized carbons (Fsp3) is 0.217. The van der Waals surface area contributed by atoms with Gasteiger partial charge in [0, 0.05) is 34.1 Å². The molecule has 0 aliphatic carbocycles. The van der Waals surface area contributed by atoms with Crippen molar-refractivity contribution in [3.8, 4) is 11.1 Å². The molecular formula is C46H48N2. The molecule has 0 amide bonds. The Labute approximate surface area is 288 Å². The number of benzene rings is 6. The molecule has 2 heteroatoms. The lowest BCUT2D eigenvalue weighted by molar-refractivity contribution is 1.19. The van der Waals surface area contributed by atoms with Gasteiger partial charge in [0.15, 0.2) is 0 Å². The molecule has 0 heterocycles. The van der Waals surface area contributed by atoms with Crippen molar-refractivity contribution in [1.82, 2.24) is 0 Å². The van der Waals surface area contributed by atoms with Crippen molar-refractivity contribution in [2.24, 2.45) is 0 Å². The van der Waals surface area contributed by atoms with Gasteiger partial charge in [-0.15, -0.1) is 0 Å². The molecule has 0 unspecified atom stereocenters. The van der Waals surface area contributed by atoms with Crippen LogP contribution >= 0.6 is 0 Å². The predicted molar refractivity (Wildman–Crippen MR) is 209 cm³/mol. The highest BCUT2D eigenvalue weighted by Gasteiger charge is 2.21. The molecule has 242 valence electrons. The summed E-state index contributed by atoms with van der Waals surface area (Å²) in [7, 11) is 0. The maximum absolute atomic E-state index is 2.43. The molecule has 6 rings (SSSR count). The molecule has 0 aliphatic heterocycles. The first-order valence-electron chi connectivity index (χ1n) is 17.0. The van der Waals surface area contributed by atoms with Gasteiger partial charge in [-0.1, -0.05) is 82.9 Å². The van der Waals surface area contributed by atoms with E-state index in [9.17, 15) is 0 Å². The molecule has 0 fully saturated rings. The van der Waals surface area contributed by atoms with Crippen LogP contribution in [0.1, 0.15) is 55.6 Å². The molecule has 0 saturated carbocycles. The number of rotatable bonds is 7. The Morgan fingerprint density at radius 2 is 0.458 bits per heavy atom. The first kappa shape index (κ1) is 32.8. The van der Waals surface area contributed by atoms with E-state index >= 15 is 0 Å². The van der Waals surface area contributed by atoms with Crippen LogP contribution in [0.5, 0.6) is 0 Å². The number of nitrogens with zero attached hydrogens (tertiary/aromatic N) is 2. The second-order valence-corrected chi connectivity index (χ2v) is 13.8. The Morgan fingerprint density at radius 3 is 0.667 bits per heavy atom. The summed E-state index contributed by atoms with van der Waals surface area (Å²) in [5, 5.41) is 0. The lowest BCUT2D eigenvalue weighted by atomic mass is 9.97. The van der Waals surface area contributed by atoms with Crippen LogP contribution in [0.15, 0.2) is 109 Å². The number of hydrogen-bond donors (Lipinski definition) is 0. The fourth-order valence-corrected chi connectivity index (χ4v) is 7.18. The lowest BCUT2D eigenvalue weighted by Crippen LogP contribution is -2.14. The van der Waals surface area contributed by atoms with Crippen molar-refractivity contribution in [1.29, 1.82) is 0 Å². The van der Waals surface area contributed by atoms with Crippen LogP contribution in [0.4, 0.5) is 34.1 Å². The maximum Gasteiger partial charge on any atom is 0.0491 e. The van der Waals surface area contributed by atoms with E-state index in [1.54, 1.807) is 0 Å². The van der Waals surface area contributed by atoms with E-state index in [2.05, 4.69) is 188 Å². The molecule has 2 nitrogen and oxygen atoms in total. The summed E-state index contributed by atoms with van der Waals surface area (Å²) in [6, 6.07) is 40.8. The third-order valence-corrected chi connectivity index (χ3v) is 9.58. The topological polar surface area (TPSA) is 6.48 Å². The quantitative estimate of drug-likeness (QED) is 0.174. The minimum atomic E-state index is 1.20. The summed E-state index contributed by atoms with van der Waals surface area (Å²) in [6.45, 7) is 22.0. The zero-order valence-electron chi connectivity index (χ0n) is 30.3. The Balaban J connectivity index is 1.43. The summed E-state index contributed by atoms with van der Waals surface area (Å²) < 4.78 is 0. The smallest absolute Gasteiger partial charge is 0.0491 e. The van der Waals surface area contributed by atoms with Crippen LogP contribution < -0.4 is 9.80 Å². The Kier molecular flexibility index (Phi) is 9.03. The minimum absolute atomic E-state index is 1.20. The molecule has 6 aromatic rings. The van der Waals surface area contributed by atoms with E-state index in [-0.39, 0.29) is 0 Å². The second-order valence-electron chi connectivity index (χ2n) is 13.8. The zero-order chi connectivity index (χ0) is 34.3. The van der Waals surface area contributed by atoms with Crippen LogP contribution in [0.2, 0.25) is 0 Å². The third kappa shape index (κ3) is 6.40. The number of hydrogen-bond acceptors (Lipinski definition) is 2. The Bertz CT molecular complexity index is 1890. The van der Waals surface area contributed by atoms with Crippen molar-refractivity contribution in [3.05, 3.63) is 165 Å². The van der Waals surface area contributed by atoms with Crippen molar-refractivity contribution >= 4 is 34.1 Å². The van der Waals surface area contributed by atoms with E-state index in [4.69, 9.17) is 0 Å². The van der Waals surface area contributed by atoms with E-state index in [0.29, 0.717) is 0 Å². The molecular weight excluding hydrogens is 581 g/mol. The summed E-state index contributed by atoms with van der Waals surface area (Å²) in [5.41, 5.74) is 22.3. The normalized spacial score (nSPS) is 11.1. The second kappa shape index (κ2) is 13.2. The van der Waals surface area contributed by atoms with Crippen LogP contribution in [0, 0.1) is 69.2 Å². The average molecular weight is 629 g/mol. The first-order valence-corrected chi connectivity index (χ1v) is 17.0. The molecule has 48 heavy (non-hydrogen) atoms. The zero-order valence-corrected chi connectivity index (χ0v) is 30.3. The molecule has 0 bridgehead atoms. The van der Waals surface area contributed by atoms with Gasteiger partial charge in [-0.3, -0.25) is 0 Å². The van der Waals surface area contributed by atoms with Gasteiger partial charge >= 0.3 is 0 Å². The van der Waals surface area contributed by atoms with E-state index in [1.165, 1.54) is 101 Å². The van der Waals surface area contributed by atoms with Crippen molar-refractivity contribution in [2.45, 2.75) is 69.2 Å². The van der Waals surface area contributed by atoms with Crippen molar-refractivity contribution in [3.63, 3.8) is 0 Å². The van der Waals surface area contributed by atoms with Gasteiger partial charge in [0.25, 0.3) is 0 Å². The molecule has 0 N–H and O–H groups in total. The predicted octanol–water partition coefficient (Wildman–Crippen LogP) is 13.4. The van der Waals surface area contributed by atoms with Crippen LogP contribution in [-0.2, 0) is 0 Å². The molecule has 0 atom stereocenters. The first-order chi connectivity index (χ1) is 22.9. The van der Waals surface area contributed by atoms with Crippen molar-refractivity contribution in [2.75, 3.05) is 9.80 Å². The van der Waals surface area contributed by atoms with Crippen molar-refractivity contribution < 1.29 is 0 Å². The maximum atomic E-state index is 2.43. The molecule has 0 saturated heterocycles. The SMILES string of the molecule is Cc1ccc(N(c2ccc(C)cc2C)c2ccc(-c3ccc(N(c4ccc(C)cc4C)c4ccc(C)cc4C)c(C)c3)cc2C)c(C)c1. The van der Waals surface area contributed by atoms with Crippen LogP contribution in [0.25, 0.3) is 11.1 Å². The van der Waals surface area contributed by atoms with Gasteiger partial charge in [-0.2, -0.15) is 0 Å². The van der Waals surface area contributed by atoms with Gasteiger partial charge in [0.05, 0.1) is 0 Å². The van der Waals surface area contributed by atoms with Gasteiger partial charge in [-0.05, 0) is 162 Å². The highest BCUT2D eigenvalue weighted by atomic mass is 15.2. The van der Waals surface area contributed by atoms with Crippen LogP contribution in [-0.4, -0.2) is 0 Å². The highest BCUT2D eigenvalue weighted by Crippen LogP contribution is 2.43. The van der Waals surface area contributed by atoms with E-state index in [0.717, 1.165) is 0 Å². The van der Waals surface area contributed by atoms with Gasteiger partial charge in [0.2, 0.25) is 0 Å². The van der Waals surface area contributed by atoms with E-state index < -0.39 is 0 Å². The van der Waals surface area contributed by atoms with E-state index in [1.807, 2.05) is 0 Å². The monoisotopic (exact) mass is 628 g/mol. The molecule has 0 aliphatic rings. The molecule has 6 aromatic carbocycles. The molecule has 0 radical (unpaired) electrons. The standard InChI is InChI=1S/C46H48N2/c1-29-11-17-41(33(5)23-29)47(42-18-12-30(2)24-34(42)6)45-21-15-39(27-37(45)9)40-16-22-46(38(10)28-40)48(43-19-13-31(3)25-35(43)7)44-20-14-32(4)26-36(44)8/h11-28H,1-10H3. The lowest BCUT2D eigenvalue weighted by Gasteiger charge is -2.31. The minimum Gasteiger partial charge on any atom is -0.310 e. The third-order valence-electron chi connectivity index (χ3n) is 9.58. The summed E-state index contributed by atoms with van der Waals surface area (Å²) in [6.07, 6.45) is 0. The summed E-state index contributed by atoms with van der Waals surface area (Å²) >= 11 is 0. The molecule has 0 spiro atoms. The Morgan fingerprint density at radius 1 is 0.250 bits per heavy atom. The Hall–Kier alpha value is -5.08. The molecule has 0 aromatic heterocycles.